The van der Waals surface area contributed by atoms with Gasteiger partial charge in [-0.2, -0.15) is 0 Å². The molecule has 0 fully saturated rings. The Hall–Kier alpha value is -1.06. The van der Waals surface area contributed by atoms with E-state index in [2.05, 4.69) is 0 Å². The Labute approximate surface area is 97.6 Å². The Morgan fingerprint density at radius 1 is 1.19 bits per heavy atom. The molecule has 0 saturated heterocycles. The summed E-state index contributed by atoms with van der Waals surface area (Å²) in [7, 11) is 1.67. The molecule has 0 amide bonds. The molecule has 0 bridgehead atoms. The number of hydrogen-bond donors (Lipinski definition) is 1. The van der Waals surface area contributed by atoms with Crippen LogP contribution in [0.1, 0.15) is 32.4 Å². The fourth-order valence-corrected chi connectivity index (χ4v) is 1.48. The summed E-state index contributed by atoms with van der Waals surface area (Å²) in [6.07, 6.45) is 0.167. The summed E-state index contributed by atoms with van der Waals surface area (Å²) in [5.41, 5.74) is 7.10. The monoisotopic (exact) mass is 223 g/mol. The molecule has 1 aromatic rings. The van der Waals surface area contributed by atoms with Crippen LogP contribution in [0.15, 0.2) is 24.3 Å². The normalized spacial score (nSPS) is 14.9. The molecule has 2 unspecified atom stereocenters. The lowest BCUT2D eigenvalue weighted by Crippen LogP contribution is -2.25. The van der Waals surface area contributed by atoms with E-state index in [4.69, 9.17) is 15.2 Å². The Kier molecular flexibility index (Phi) is 4.77. The third-order valence-electron chi connectivity index (χ3n) is 2.49. The van der Waals surface area contributed by atoms with Gasteiger partial charge in [0.05, 0.1) is 18.2 Å². The average molecular weight is 223 g/mol. The van der Waals surface area contributed by atoms with Gasteiger partial charge in [-0.05, 0) is 38.5 Å². The van der Waals surface area contributed by atoms with Crippen LogP contribution in [0, 0.1) is 0 Å². The fraction of sp³-hybridized carbons (Fsp3) is 0.538. The van der Waals surface area contributed by atoms with Crippen molar-refractivity contribution in [3.8, 4) is 5.75 Å². The molecule has 1 rings (SSSR count). The van der Waals surface area contributed by atoms with Gasteiger partial charge in [-0.25, -0.2) is 0 Å². The van der Waals surface area contributed by atoms with Crippen LogP contribution in [0.5, 0.6) is 5.75 Å². The van der Waals surface area contributed by atoms with Crippen molar-refractivity contribution in [1.82, 2.24) is 0 Å². The molecule has 2 atom stereocenters. The molecule has 16 heavy (non-hydrogen) atoms. The Bertz CT molecular complexity index is 325. The number of rotatable bonds is 5. The van der Waals surface area contributed by atoms with E-state index in [1.54, 1.807) is 7.11 Å². The highest BCUT2D eigenvalue weighted by Gasteiger charge is 2.14. The molecule has 2 N–H and O–H groups in total. The first-order chi connectivity index (χ1) is 7.54. The van der Waals surface area contributed by atoms with Crippen molar-refractivity contribution in [2.45, 2.75) is 39.0 Å². The smallest absolute Gasteiger partial charge is 0.120 e. The lowest BCUT2D eigenvalue weighted by atomic mass is 10.0. The highest BCUT2D eigenvalue weighted by molar-refractivity contribution is 5.31. The fourth-order valence-electron chi connectivity index (χ4n) is 1.48. The van der Waals surface area contributed by atoms with E-state index in [0.717, 1.165) is 11.3 Å². The van der Waals surface area contributed by atoms with Gasteiger partial charge in [0, 0.05) is 7.11 Å². The second kappa shape index (κ2) is 5.87. The minimum atomic E-state index is -0.124. The van der Waals surface area contributed by atoms with Crippen molar-refractivity contribution in [3.05, 3.63) is 29.8 Å². The first-order valence-corrected chi connectivity index (χ1v) is 5.59. The Morgan fingerprint density at radius 3 is 2.44 bits per heavy atom. The number of nitrogens with two attached hydrogens (primary N) is 1. The molecule has 0 aromatic heterocycles. The average Bonchev–Trinajstić information content (AvgIpc) is 2.26. The Balaban J connectivity index is 2.81. The lowest BCUT2D eigenvalue weighted by Gasteiger charge is -2.19. The van der Waals surface area contributed by atoms with E-state index in [1.807, 2.05) is 45.0 Å². The van der Waals surface area contributed by atoms with Crippen LogP contribution < -0.4 is 10.5 Å². The first kappa shape index (κ1) is 13.0. The van der Waals surface area contributed by atoms with Crippen LogP contribution in [0.25, 0.3) is 0 Å². The maximum Gasteiger partial charge on any atom is 0.120 e. The summed E-state index contributed by atoms with van der Waals surface area (Å²) < 4.78 is 10.8. The standard InChI is InChI=1S/C13H21NO2/c1-9(2)16-12-7-5-6-11(8-12)13(14)10(3)15-4/h5-10,13H,14H2,1-4H3. The highest BCUT2D eigenvalue weighted by atomic mass is 16.5. The zero-order valence-corrected chi connectivity index (χ0v) is 10.4. The topological polar surface area (TPSA) is 44.5 Å². The molecule has 0 saturated carbocycles. The van der Waals surface area contributed by atoms with Crippen LogP contribution in [0.3, 0.4) is 0 Å². The molecule has 0 heterocycles. The van der Waals surface area contributed by atoms with Gasteiger partial charge in [0.25, 0.3) is 0 Å². The van der Waals surface area contributed by atoms with Gasteiger partial charge >= 0.3 is 0 Å². The van der Waals surface area contributed by atoms with Crippen molar-refractivity contribution < 1.29 is 9.47 Å². The molecule has 0 spiro atoms. The van der Waals surface area contributed by atoms with Gasteiger partial charge in [0.15, 0.2) is 0 Å². The minimum absolute atomic E-state index is 0.00528. The van der Waals surface area contributed by atoms with E-state index >= 15 is 0 Å². The first-order valence-electron chi connectivity index (χ1n) is 5.59. The third-order valence-corrected chi connectivity index (χ3v) is 2.49. The molecule has 1 aromatic carbocycles. The lowest BCUT2D eigenvalue weighted by molar-refractivity contribution is 0.0955. The molecule has 0 aliphatic carbocycles. The van der Waals surface area contributed by atoms with Crippen molar-refractivity contribution in [2.24, 2.45) is 5.73 Å². The molecular weight excluding hydrogens is 202 g/mol. The summed E-state index contributed by atoms with van der Waals surface area (Å²) in [4.78, 5) is 0. The quantitative estimate of drug-likeness (QED) is 0.834. The van der Waals surface area contributed by atoms with Gasteiger partial charge in [0.1, 0.15) is 5.75 Å². The van der Waals surface area contributed by atoms with E-state index < -0.39 is 0 Å². The minimum Gasteiger partial charge on any atom is -0.491 e. The van der Waals surface area contributed by atoms with Gasteiger partial charge in [-0.15, -0.1) is 0 Å². The summed E-state index contributed by atoms with van der Waals surface area (Å²) in [5, 5.41) is 0. The van der Waals surface area contributed by atoms with Gasteiger partial charge in [0.2, 0.25) is 0 Å². The predicted octanol–water partition coefficient (Wildman–Crippen LogP) is 2.51. The van der Waals surface area contributed by atoms with Gasteiger partial charge in [-0.1, -0.05) is 12.1 Å². The summed E-state index contributed by atoms with van der Waals surface area (Å²) in [6, 6.07) is 7.73. The second-order valence-corrected chi connectivity index (χ2v) is 4.21. The molecule has 90 valence electrons. The SMILES string of the molecule is COC(C)C(N)c1cccc(OC(C)C)c1. The molecule has 3 nitrogen and oxygen atoms in total. The molecular formula is C13H21NO2. The van der Waals surface area contributed by atoms with Crippen molar-refractivity contribution in [1.29, 1.82) is 0 Å². The van der Waals surface area contributed by atoms with Crippen LogP contribution in [0.2, 0.25) is 0 Å². The number of methoxy groups -OCH3 is 1. The van der Waals surface area contributed by atoms with Crippen LogP contribution in [-0.4, -0.2) is 19.3 Å². The van der Waals surface area contributed by atoms with E-state index in [0.29, 0.717) is 0 Å². The van der Waals surface area contributed by atoms with E-state index in [9.17, 15) is 0 Å². The predicted molar refractivity (Wildman–Crippen MR) is 65.6 cm³/mol. The summed E-state index contributed by atoms with van der Waals surface area (Å²) >= 11 is 0. The zero-order chi connectivity index (χ0) is 12.1. The van der Waals surface area contributed by atoms with Crippen molar-refractivity contribution in [2.75, 3.05) is 7.11 Å². The summed E-state index contributed by atoms with van der Waals surface area (Å²) in [6.45, 7) is 5.97. The Morgan fingerprint density at radius 2 is 1.88 bits per heavy atom. The number of benzene rings is 1. The maximum absolute atomic E-state index is 6.07. The van der Waals surface area contributed by atoms with Crippen molar-refractivity contribution >= 4 is 0 Å². The zero-order valence-electron chi connectivity index (χ0n) is 10.4. The number of ether oxygens (including phenoxy) is 2. The second-order valence-electron chi connectivity index (χ2n) is 4.21. The van der Waals surface area contributed by atoms with E-state index in [1.165, 1.54) is 0 Å². The third kappa shape index (κ3) is 3.51. The largest absolute Gasteiger partial charge is 0.491 e. The van der Waals surface area contributed by atoms with E-state index in [-0.39, 0.29) is 18.2 Å². The number of hydrogen-bond acceptors (Lipinski definition) is 3. The van der Waals surface area contributed by atoms with Crippen LogP contribution in [-0.2, 0) is 4.74 Å². The molecule has 0 aliphatic rings. The summed E-state index contributed by atoms with van der Waals surface area (Å²) in [5.74, 6) is 0.853. The molecule has 0 aliphatic heterocycles. The molecule has 0 radical (unpaired) electrons. The van der Waals surface area contributed by atoms with Crippen molar-refractivity contribution in [3.63, 3.8) is 0 Å². The van der Waals surface area contributed by atoms with Gasteiger partial charge in [-0.3, -0.25) is 0 Å². The van der Waals surface area contributed by atoms with Crippen LogP contribution >= 0.6 is 0 Å². The van der Waals surface area contributed by atoms with Gasteiger partial charge < -0.3 is 15.2 Å². The van der Waals surface area contributed by atoms with Crippen LogP contribution in [0.4, 0.5) is 0 Å². The highest BCUT2D eigenvalue weighted by Crippen LogP contribution is 2.21. The maximum atomic E-state index is 6.07. The molecule has 3 heteroatoms.